The van der Waals surface area contributed by atoms with Crippen molar-refractivity contribution in [3.63, 3.8) is 0 Å². The van der Waals surface area contributed by atoms with E-state index in [1.165, 1.54) is 0 Å². The number of hydrogen-bond acceptors (Lipinski definition) is 3. The molecule has 0 saturated heterocycles. The van der Waals surface area contributed by atoms with E-state index >= 15 is 0 Å². The van der Waals surface area contributed by atoms with Crippen molar-refractivity contribution < 1.29 is 4.79 Å². The molecule has 4 nitrogen and oxygen atoms in total. The van der Waals surface area contributed by atoms with Crippen LogP contribution in [0.3, 0.4) is 0 Å². The molecule has 0 aliphatic heterocycles. The molecule has 0 aliphatic carbocycles. The van der Waals surface area contributed by atoms with Crippen LogP contribution in [0.5, 0.6) is 0 Å². The molecule has 1 amide bonds. The Balaban J connectivity index is 2.37. The molecule has 0 aromatic carbocycles. The summed E-state index contributed by atoms with van der Waals surface area (Å²) in [5.74, 6) is 0.166. The number of nitrogens with one attached hydrogen (secondary N) is 1. The zero-order valence-corrected chi connectivity index (χ0v) is 9.95. The molecule has 2 rings (SSSR count). The molecule has 0 fully saturated rings. The lowest BCUT2D eigenvalue weighted by Gasteiger charge is -2.04. The molecule has 0 bridgehead atoms. The van der Waals surface area contributed by atoms with E-state index in [4.69, 9.17) is 11.6 Å². The van der Waals surface area contributed by atoms with Crippen LogP contribution in [-0.2, 0) is 4.79 Å². The second kappa shape index (κ2) is 4.51. The van der Waals surface area contributed by atoms with E-state index in [1.54, 1.807) is 19.1 Å². The molecule has 2 aromatic rings. The molecule has 0 atom stereocenters. The molecule has 86 valence electrons. The fraction of sp³-hybridized carbons (Fsp3) is 0.0833. The van der Waals surface area contributed by atoms with Crippen molar-refractivity contribution in [2.24, 2.45) is 0 Å². The Bertz CT molecular complexity index is 610. The van der Waals surface area contributed by atoms with Crippen LogP contribution in [0.1, 0.15) is 6.92 Å². The second-order valence-electron chi connectivity index (χ2n) is 3.61. The summed E-state index contributed by atoms with van der Waals surface area (Å²) in [4.78, 5) is 19.7. The predicted molar refractivity (Wildman–Crippen MR) is 68.0 cm³/mol. The van der Waals surface area contributed by atoms with E-state index in [0.717, 1.165) is 5.39 Å². The quantitative estimate of drug-likeness (QED) is 0.656. The number of nitrogens with zero attached hydrogens (tertiary/aromatic N) is 2. The zero-order valence-electron chi connectivity index (χ0n) is 9.20. The van der Waals surface area contributed by atoms with E-state index < -0.39 is 0 Å². The number of carbonyl (C=O) groups is 1. The smallest absolute Gasteiger partial charge is 0.251 e. The van der Waals surface area contributed by atoms with E-state index in [2.05, 4.69) is 21.9 Å². The third kappa shape index (κ3) is 2.60. The standard InChI is InChI=1S/C12H10ClN3O/c1-7(2)12(17)16-10-6-4-8-3-5-9(13)14-11(8)15-10/h3-6H,1H2,2H3,(H,14,15,16,17). The third-order valence-electron chi connectivity index (χ3n) is 2.15. The minimum absolute atomic E-state index is 0.265. The second-order valence-corrected chi connectivity index (χ2v) is 4.00. The van der Waals surface area contributed by atoms with E-state index in [0.29, 0.717) is 22.2 Å². The molecule has 0 unspecified atom stereocenters. The molecule has 2 heterocycles. The van der Waals surface area contributed by atoms with Gasteiger partial charge in [-0.3, -0.25) is 4.79 Å². The summed E-state index contributed by atoms with van der Waals surface area (Å²) in [6.07, 6.45) is 0. The van der Waals surface area contributed by atoms with Crippen molar-refractivity contribution in [2.75, 3.05) is 5.32 Å². The van der Waals surface area contributed by atoms with Gasteiger partial charge in [0.15, 0.2) is 5.65 Å². The molecule has 5 heteroatoms. The van der Waals surface area contributed by atoms with Crippen molar-refractivity contribution in [1.29, 1.82) is 0 Å². The van der Waals surface area contributed by atoms with Gasteiger partial charge in [0.1, 0.15) is 11.0 Å². The maximum atomic E-state index is 11.4. The lowest BCUT2D eigenvalue weighted by atomic mass is 10.3. The summed E-state index contributed by atoms with van der Waals surface area (Å²) >= 11 is 5.77. The first-order chi connectivity index (χ1) is 8.06. The van der Waals surface area contributed by atoms with Crippen LogP contribution in [0.2, 0.25) is 5.15 Å². The molecule has 17 heavy (non-hydrogen) atoms. The van der Waals surface area contributed by atoms with Gasteiger partial charge in [0.05, 0.1) is 0 Å². The maximum Gasteiger partial charge on any atom is 0.251 e. The van der Waals surface area contributed by atoms with Crippen molar-refractivity contribution in [3.05, 3.63) is 41.6 Å². The number of amides is 1. The Kier molecular flexibility index (Phi) is 3.06. The normalized spacial score (nSPS) is 10.2. The number of aromatic nitrogens is 2. The largest absolute Gasteiger partial charge is 0.307 e. The van der Waals surface area contributed by atoms with Crippen molar-refractivity contribution in [1.82, 2.24) is 9.97 Å². The van der Waals surface area contributed by atoms with Crippen LogP contribution in [-0.4, -0.2) is 15.9 Å². The number of carbonyl (C=O) groups excluding carboxylic acids is 1. The summed E-state index contributed by atoms with van der Waals surface area (Å²) in [5, 5.41) is 3.85. The van der Waals surface area contributed by atoms with Gasteiger partial charge in [-0.1, -0.05) is 18.2 Å². The lowest BCUT2D eigenvalue weighted by molar-refractivity contribution is -0.112. The van der Waals surface area contributed by atoms with Gasteiger partial charge in [-0.05, 0) is 31.2 Å². The number of anilines is 1. The number of pyridine rings is 2. The van der Waals surface area contributed by atoms with Gasteiger partial charge in [-0.2, -0.15) is 0 Å². The van der Waals surface area contributed by atoms with E-state index in [9.17, 15) is 4.79 Å². The van der Waals surface area contributed by atoms with Gasteiger partial charge in [-0.25, -0.2) is 9.97 Å². The first-order valence-electron chi connectivity index (χ1n) is 4.96. The SMILES string of the molecule is C=C(C)C(=O)Nc1ccc2ccc(Cl)nc2n1. The zero-order chi connectivity index (χ0) is 12.4. The van der Waals surface area contributed by atoms with Gasteiger partial charge in [-0.15, -0.1) is 0 Å². The van der Waals surface area contributed by atoms with Crippen molar-refractivity contribution >= 4 is 34.4 Å². The highest BCUT2D eigenvalue weighted by Crippen LogP contribution is 2.16. The monoisotopic (exact) mass is 247 g/mol. The Morgan fingerprint density at radius 3 is 2.71 bits per heavy atom. The Labute approximate surface area is 103 Å². The van der Waals surface area contributed by atoms with Gasteiger partial charge < -0.3 is 5.32 Å². The molecule has 0 radical (unpaired) electrons. The molecule has 1 N–H and O–H groups in total. The van der Waals surface area contributed by atoms with Crippen LogP contribution in [0, 0.1) is 0 Å². The predicted octanol–water partition coefficient (Wildman–Crippen LogP) is 2.80. The minimum Gasteiger partial charge on any atom is -0.307 e. The van der Waals surface area contributed by atoms with Gasteiger partial charge in [0, 0.05) is 11.0 Å². The van der Waals surface area contributed by atoms with Crippen LogP contribution in [0.4, 0.5) is 5.82 Å². The summed E-state index contributed by atoms with van der Waals surface area (Å²) in [5.41, 5.74) is 0.919. The van der Waals surface area contributed by atoms with Crippen LogP contribution < -0.4 is 5.32 Å². The van der Waals surface area contributed by atoms with E-state index in [-0.39, 0.29) is 5.91 Å². The third-order valence-corrected chi connectivity index (χ3v) is 2.36. The fourth-order valence-electron chi connectivity index (χ4n) is 1.27. The van der Waals surface area contributed by atoms with Crippen molar-refractivity contribution in [3.8, 4) is 0 Å². The van der Waals surface area contributed by atoms with Crippen LogP contribution in [0.15, 0.2) is 36.4 Å². The van der Waals surface area contributed by atoms with Crippen LogP contribution in [0.25, 0.3) is 11.0 Å². The molecule has 0 spiro atoms. The molecule has 0 aliphatic rings. The van der Waals surface area contributed by atoms with Crippen LogP contribution >= 0.6 is 11.6 Å². The summed E-state index contributed by atoms with van der Waals surface area (Å²) < 4.78 is 0. The average molecular weight is 248 g/mol. The molecular formula is C12H10ClN3O. The van der Waals surface area contributed by atoms with Gasteiger partial charge in [0.25, 0.3) is 5.91 Å². The summed E-state index contributed by atoms with van der Waals surface area (Å²) in [6.45, 7) is 5.18. The highest BCUT2D eigenvalue weighted by atomic mass is 35.5. The number of rotatable bonds is 2. The van der Waals surface area contributed by atoms with E-state index in [1.807, 2.05) is 12.1 Å². The maximum absolute atomic E-state index is 11.4. The minimum atomic E-state index is -0.265. The highest BCUT2D eigenvalue weighted by molar-refractivity contribution is 6.29. The molecular weight excluding hydrogens is 238 g/mol. The number of hydrogen-bond donors (Lipinski definition) is 1. The fourth-order valence-corrected chi connectivity index (χ4v) is 1.41. The Morgan fingerprint density at radius 2 is 2.00 bits per heavy atom. The first-order valence-corrected chi connectivity index (χ1v) is 5.34. The molecule has 2 aromatic heterocycles. The van der Waals surface area contributed by atoms with Crippen molar-refractivity contribution in [2.45, 2.75) is 6.92 Å². The molecule has 0 saturated carbocycles. The number of fused-ring (bicyclic) bond motifs is 1. The lowest BCUT2D eigenvalue weighted by Crippen LogP contribution is -2.12. The topological polar surface area (TPSA) is 54.9 Å². The summed E-state index contributed by atoms with van der Waals surface area (Å²) in [7, 11) is 0. The summed E-state index contributed by atoms with van der Waals surface area (Å²) in [6, 6.07) is 7.04. The Morgan fingerprint density at radius 1 is 1.29 bits per heavy atom. The number of halogens is 1. The van der Waals surface area contributed by atoms with Gasteiger partial charge in [0.2, 0.25) is 0 Å². The Hall–Kier alpha value is -1.94. The first kappa shape index (κ1) is 11.5. The average Bonchev–Trinajstić information content (AvgIpc) is 2.28. The van der Waals surface area contributed by atoms with Gasteiger partial charge >= 0.3 is 0 Å². The highest BCUT2D eigenvalue weighted by Gasteiger charge is 2.05.